The summed E-state index contributed by atoms with van der Waals surface area (Å²) in [4.78, 5) is 10.4. The summed E-state index contributed by atoms with van der Waals surface area (Å²) in [5.41, 5.74) is -1.35. The van der Waals surface area contributed by atoms with E-state index in [0.29, 0.717) is 0 Å². The molecule has 0 spiro atoms. The molecular weight excluding hydrogens is 222 g/mol. The van der Waals surface area contributed by atoms with Crippen LogP contribution in [-0.2, 0) is 4.79 Å². The second-order valence-electron chi connectivity index (χ2n) is 2.26. The van der Waals surface area contributed by atoms with Crippen molar-refractivity contribution in [2.75, 3.05) is 13.2 Å². The molecule has 0 heterocycles. The zero-order valence-electron chi connectivity index (χ0n) is 6.87. The molecule has 0 saturated carbocycles. The summed E-state index contributed by atoms with van der Waals surface area (Å²) in [5.74, 6) is -1.15. The molecule has 0 rings (SSSR count). The number of aliphatic hydroxyl groups is 2. The van der Waals surface area contributed by atoms with Crippen LogP contribution in [0.25, 0.3) is 0 Å². The van der Waals surface area contributed by atoms with Crippen molar-refractivity contribution in [1.29, 1.82) is 0 Å². The molecule has 0 amide bonds. The number of hydrogen-bond acceptors (Lipinski definition) is 3. The van der Waals surface area contributed by atoms with Crippen molar-refractivity contribution in [1.82, 2.24) is 0 Å². The molecule has 0 fully saturated rings. The second-order valence-corrected chi connectivity index (χ2v) is 2.26. The zero-order valence-corrected chi connectivity index (χ0v) is 11.8. The van der Waals surface area contributed by atoms with E-state index < -0.39 is 24.6 Å². The molecule has 0 unspecified atom stereocenters. The number of aliphatic hydroxyl groups excluding tert-OH is 2. The summed E-state index contributed by atoms with van der Waals surface area (Å²) in [5, 5.41) is 25.7. The van der Waals surface area contributed by atoms with Gasteiger partial charge in [-0.3, -0.25) is 4.79 Å². The molecule has 0 atom stereocenters. The summed E-state index contributed by atoms with van der Waals surface area (Å²) in [6.45, 7) is 0.575. The molecule has 0 aromatic rings. The van der Waals surface area contributed by atoms with Crippen molar-refractivity contribution >= 4 is 64.2 Å². The molecule has 0 aliphatic rings. The van der Waals surface area contributed by atoms with Crippen molar-refractivity contribution in [3.05, 3.63) is 0 Å². The monoisotopic (exact) mass is 233 g/mol. The Morgan fingerprint density at radius 2 is 1.73 bits per heavy atom. The van der Waals surface area contributed by atoms with Crippen LogP contribution in [0.2, 0.25) is 0 Å². The first kappa shape index (κ1) is 14.7. The Bertz CT molecular complexity index is 113. The SMILES string of the molecule is CCC(CO)(CO)C(=O)O.[Rb]. The predicted molar refractivity (Wildman–Crippen MR) is 40.3 cm³/mol. The molecule has 0 aliphatic heterocycles. The van der Waals surface area contributed by atoms with Gasteiger partial charge in [-0.1, -0.05) is 6.92 Å². The first-order valence-corrected chi connectivity index (χ1v) is 3.08. The number of carboxylic acids is 1. The molecule has 11 heavy (non-hydrogen) atoms. The van der Waals surface area contributed by atoms with Gasteiger partial charge in [-0.2, -0.15) is 0 Å². The molecule has 1 radical (unpaired) electrons. The van der Waals surface area contributed by atoms with E-state index in [0.717, 1.165) is 0 Å². The van der Waals surface area contributed by atoms with Crippen LogP contribution >= 0.6 is 0 Å². The van der Waals surface area contributed by atoms with Gasteiger partial charge in [0.15, 0.2) is 0 Å². The van der Waals surface area contributed by atoms with Gasteiger partial charge in [0.2, 0.25) is 0 Å². The average molecular weight is 234 g/mol. The van der Waals surface area contributed by atoms with E-state index in [2.05, 4.69) is 0 Å². The van der Waals surface area contributed by atoms with Crippen LogP contribution in [-0.4, -0.2) is 92.7 Å². The number of hydrogen-bond donors (Lipinski definition) is 3. The van der Waals surface area contributed by atoms with Crippen LogP contribution in [0.4, 0.5) is 0 Å². The Hall–Kier alpha value is 1.20. The molecule has 0 bridgehead atoms. The van der Waals surface area contributed by atoms with Gasteiger partial charge >= 0.3 is 5.97 Å². The van der Waals surface area contributed by atoms with Gasteiger partial charge < -0.3 is 15.3 Å². The van der Waals surface area contributed by atoms with E-state index in [1.54, 1.807) is 6.92 Å². The van der Waals surface area contributed by atoms with Crippen LogP contribution in [0.5, 0.6) is 0 Å². The standard InChI is InChI=1S/C6H12O4.Rb/c1-2-6(3-7,4-8)5(9)10;/h7-8H,2-4H2,1H3,(H,9,10);. The minimum Gasteiger partial charge on any atom is -0.481 e. The fourth-order valence-electron chi connectivity index (χ4n) is 0.560. The van der Waals surface area contributed by atoms with Crippen LogP contribution in [0, 0.1) is 5.41 Å². The van der Waals surface area contributed by atoms with E-state index in [9.17, 15) is 4.79 Å². The average Bonchev–Trinajstić information content (AvgIpc) is 1.92. The summed E-state index contributed by atoms with van der Waals surface area (Å²) < 4.78 is 0. The van der Waals surface area contributed by atoms with Crippen LogP contribution in [0.1, 0.15) is 13.3 Å². The summed E-state index contributed by atoms with van der Waals surface area (Å²) >= 11 is 0. The van der Waals surface area contributed by atoms with Crippen LogP contribution < -0.4 is 0 Å². The third kappa shape index (κ3) is 3.61. The second kappa shape index (κ2) is 6.68. The Balaban J connectivity index is 0. The Morgan fingerprint density at radius 1 is 1.36 bits per heavy atom. The normalized spacial score (nSPS) is 10.5. The van der Waals surface area contributed by atoms with Crippen molar-refractivity contribution < 1.29 is 20.1 Å². The molecule has 0 saturated heterocycles. The van der Waals surface area contributed by atoms with Crippen molar-refractivity contribution in [2.24, 2.45) is 5.41 Å². The number of carboxylic acid groups (broad SMARTS) is 1. The van der Waals surface area contributed by atoms with E-state index in [1.165, 1.54) is 0 Å². The summed E-state index contributed by atoms with van der Waals surface area (Å²) in [7, 11) is 0. The van der Waals surface area contributed by atoms with Gasteiger partial charge in [0.05, 0.1) is 13.2 Å². The fourth-order valence-corrected chi connectivity index (χ4v) is 0.560. The quantitative estimate of drug-likeness (QED) is 0.586. The number of carbonyl (C=O) groups is 1. The van der Waals surface area contributed by atoms with E-state index in [4.69, 9.17) is 15.3 Å². The minimum atomic E-state index is -1.35. The van der Waals surface area contributed by atoms with E-state index in [-0.39, 0.29) is 64.6 Å². The minimum absolute atomic E-state index is 0. The number of aliphatic carboxylic acids is 1. The summed E-state index contributed by atoms with van der Waals surface area (Å²) in [6, 6.07) is 0. The van der Waals surface area contributed by atoms with Gasteiger partial charge in [0.25, 0.3) is 0 Å². The first-order valence-electron chi connectivity index (χ1n) is 3.08. The molecule has 3 N–H and O–H groups in total. The Morgan fingerprint density at radius 3 is 1.73 bits per heavy atom. The van der Waals surface area contributed by atoms with E-state index >= 15 is 0 Å². The van der Waals surface area contributed by atoms with Crippen molar-refractivity contribution in [3.63, 3.8) is 0 Å². The van der Waals surface area contributed by atoms with Gasteiger partial charge in [-0.15, -0.1) is 0 Å². The Kier molecular flexibility index (Phi) is 8.93. The fraction of sp³-hybridized carbons (Fsp3) is 0.833. The van der Waals surface area contributed by atoms with Crippen LogP contribution in [0.15, 0.2) is 0 Å². The topological polar surface area (TPSA) is 77.8 Å². The van der Waals surface area contributed by atoms with Crippen LogP contribution in [0.3, 0.4) is 0 Å². The van der Waals surface area contributed by atoms with Gasteiger partial charge in [-0.25, -0.2) is 0 Å². The van der Waals surface area contributed by atoms with Crippen molar-refractivity contribution in [3.8, 4) is 0 Å². The molecule has 0 aromatic heterocycles. The predicted octanol–water partition coefficient (Wildman–Crippen LogP) is -0.929. The maximum atomic E-state index is 10.4. The molecule has 4 nitrogen and oxygen atoms in total. The van der Waals surface area contributed by atoms with Crippen molar-refractivity contribution in [2.45, 2.75) is 13.3 Å². The molecule has 0 aromatic carbocycles. The number of rotatable bonds is 4. The zero-order chi connectivity index (χ0) is 8.20. The van der Waals surface area contributed by atoms with E-state index in [1.807, 2.05) is 0 Å². The third-order valence-electron chi connectivity index (χ3n) is 1.74. The molecular formula is C6H12O4Rb. The van der Waals surface area contributed by atoms with Gasteiger partial charge in [0.1, 0.15) is 5.41 Å². The Labute approximate surface area is 114 Å². The van der Waals surface area contributed by atoms with Gasteiger partial charge in [0, 0.05) is 58.2 Å². The van der Waals surface area contributed by atoms with Gasteiger partial charge in [-0.05, 0) is 6.42 Å². The first-order chi connectivity index (χ1) is 4.63. The smallest absolute Gasteiger partial charge is 0.314 e. The largest absolute Gasteiger partial charge is 0.481 e. The third-order valence-corrected chi connectivity index (χ3v) is 1.74. The maximum absolute atomic E-state index is 10.4. The molecule has 61 valence electrons. The maximum Gasteiger partial charge on any atom is 0.314 e. The molecule has 5 heteroatoms. The summed E-state index contributed by atoms with van der Waals surface area (Å²) in [6.07, 6.45) is 0.231. The molecule has 0 aliphatic carbocycles.